The van der Waals surface area contributed by atoms with Gasteiger partial charge in [0.05, 0.1) is 24.3 Å². The lowest BCUT2D eigenvalue weighted by Gasteiger charge is -2.19. The third-order valence-electron chi connectivity index (χ3n) is 3.25. The number of hydrogen-bond acceptors (Lipinski definition) is 4. The van der Waals surface area contributed by atoms with E-state index in [1.165, 1.54) is 0 Å². The first-order valence-electron chi connectivity index (χ1n) is 6.02. The Morgan fingerprint density at radius 1 is 1.43 bits per heavy atom. The molecule has 1 amide bonds. The molecule has 0 saturated carbocycles. The Hall–Kier alpha value is -2.25. The molecule has 0 spiro atoms. The van der Waals surface area contributed by atoms with Crippen molar-refractivity contribution in [2.75, 3.05) is 18.6 Å². The van der Waals surface area contributed by atoms with Crippen LogP contribution in [0.25, 0.3) is 0 Å². The number of carbonyl (C=O) groups excluding carboxylic acids is 2. The lowest BCUT2D eigenvalue weighted by molar-refractivity contribution is -0.145. The van der Waals surface area contributed by atoms with Gasteiger partial charge in [-0.15, -0.1) is 0 Å². The van der Waals surface area contributed by atoms with E-state index in [2.05, 4.69) is 4.74 Å². The molecular weight excluding hydrogens is 291 g/mol. The molecule has 1 aromatic rings. The predicted octanol–water partition coefficient (Wildman–Crippen LogP) is 1.94. The van der Waals surface area contributed by atoms with E-state index in [1.807, 2.05) is 0 Å². The fourth-order valence-corrected chi connectivity index (χ4v) is 2.18. The molecule has 0 aromatic heterocycles. The van der Waals surface area contributed by atoms with Crippen LogP contribution in [0.4, 0.5) is 18.9 Å². The summed E-state index contributed by atoms with van der Waals surface area (Å²) >= 11 is 0. The van der Waals surface area contributed by atoms with E-state index in [0.29, 0.717) is 6.07 Å². The van der Waals surface area contributed by atoms with E-state index in [4.69, 9.17) is 0 Å². The molecule has 1 aliphatic heterocycles. The largest absolute Gasteiger partial charge is 0.506 e. The van der Waals surface area contributed by atoms with Gasteiger partial charge in [-0.05, 0) is 18.2 Å². The van der Waals surface area contributed by atoms with Gasteiger partial charge < -0.3 is 14.7 Å². The number of hydrogen-bond donors (Lipinski definition) is 1. The van der Waals surface area contributed by atoms with Gasteiger partial charge in [0.2, 0.25) is 5.91 Å². The zero-order valence-corrected chi connectivity index (χ0v) is 11.0. The number of carbonyl (C=O) groups is 2. The Labute approximate surface area is 117 Å². The van der Waals surface area contributed by atoms with Crippen molar-refractivity contribution >= 4 is 17.6 Å². The summed E-state index contributed by atoms with van der Waals surface area (Å²) in [5, 5.41) is 9.68. The van der Waals surface area contributed by atoms with Gasteiger partial charge in [0.1, 0.15) is 5.75 Å². The second kappa shape index (κ2) is 5.27. The first kappa shape index (κ1) is 15.1. The highest BCUT2D eigenvalue weighted by Gasteiger charge is 2.38. The van der Waals surface area contributed by atoms with Crippen LogP contribution in [0.3, 0.4) is 0 Å². The maximum absolute atomic E-state index is 12.7. The second-order valence-corrected chi connectivity index (χ2v) is 4.63. The summed E-state index contributed by atoms with van der Waals surface area (Å²) in [7, 11) is 1.16. The number of phenols is 1. The Kier molecular flexibility index (Phi) is 3.80. The molecule has 0 radical (unpaired) electrons. The van der Waals surface area contributed by atoms with Crippen LogP contribution >= 0.6 is 0 Å². The topological polar surface area (TPSA) is 66.8 Å². The van der Waals surface area contributed by atoms with Crippen molar-refractivity contribution in [3.63, 3.8) is 0 Å². The Balaban J connectivity index is 2.34. The van der Waals surface area contributed by atoms with Crippen LogP contribution in [0.15, 0.2) is 18.2 Å². The summed E-state index contributed by atoms with van der Waals surface area (Å²) in [6.45, 7) is -0.125. The minimum Gasteiger partial charge on any atom is -0.506 e. The number of rotatable bonds is 2. The number of esters is 1. The normalized spacial score (nSPS) is 19.0. The third-order valence-corrected chi connectivity index (χ3v) is 3.25. The first-order chi connectivity index (χ1) is 9.74. The van der Waals surface area contributed by atoms with Crippen LogP contribution in [-0.4, -0.2) is 30.6 Å². The van der Waals surface area contributed by atoms with Gasteiger partial charge in [0.15, 0.2) is 0 Å². The van der Waals surface area contributed by atoms with Crippen molar-refractivity contribution in [1.29, 1.82) is 0 Å². The molecule has 1 fully saturated rings. The summed E-state index contributed by atoms with van der Waals surface area (Å²) in [5.41, 5.74) is -1.24. The third kappa shape index (κ3) is 2.93. The summed E-state index contributed by atoms with van der Waals surface area (Å²) < 4.78 is 42.6. The predicted molar refractivity (Wildman–Crippen MR) is 65.6 cm³/mol. The molecule has 1 saturated heterocycles. The molecule has 1 heterocycles. The van der Waals surface area contributed by atoms with Crippen LogP contribution < -0.4 is 4.90 Å². The maximum Gasteiger partial charge on any atom is 0.416 e. The fourth-order valence-electron chi connectivity index (χ4n) is 2.18. The number of phenolic OH excluding ortho intramolecular Hbond substituents is 1. The van der Waals surface area contributed by atoms with Gasteiger partial charge in [-0.2, -0.15) is 13.2 Å². The standard InChI is InChI=1S/C13H12F3NO4/c1-21-12(20)7-4-11(19)17(6-7)9-5-8(13(14,15)16)2-3-10(9)18/h2-3,5,7,18H,4,6H2,1H3. The molecule has 21 heavy (non-hydrogen) atoms. The smallest absolute Gasteiger partial charge is 0.416 e. The molecule has 0 aliphatic carbocycles. The van der Waals surface area contributed by atoms with E-state index >= 15 is 0 Å². The zero-order valence-electron chi connectivity index (χ0n) is 11.0. The molecule has 1 aromatic carbocycles. The number of benzene rings is 1. The molecule has 2 rings (SSSR count). The number of ether oxygens (including phenoxy) is 1. The van der Waals surface area contributed by atoms with Crippen LogP contribution in [0, 0.1) is 5.92 Å². The van der Waals surface area contributed by atoms with Crippen molar-refractivity contribution in [3.05, 3.63) is 23.8 Å². The molecule has 1 atom stereocenters. The molecule has 8 heteroatoms. The number of nitrogens with zero attached hydrogens (tertiary/aromatic N) is 1. The number of aromatic hydroxyl groups is 1. The lowest BCUT2D eigenvalue weighted by atomic mass is 10.1. The summed E-state index contributed by atoms with van der Waals surface area (Å²) in [5.74, 6) is -2.37. The monoisotopic (exact) mass is 303 g/mol. The summed E-state index contributed by atoms with van der Waals surface area (Å²) in [6.07, 6.45) is -4.75. The van der Waals surface area contributed by atoms with Crippen LogP contribution in [0.2, 0.25) is 0 Å². The van der Waals surface area contributed by atoms with Gasteiger partial charge in [-0.1, -0.05) is 0 Å². The van der Waals surface area contributed by atoms with Gasteiger partial charge >= 0.3 is 12.1 Å². The lowest BCUT2D eigenvalue weighted by Crippen LogP contribution is -2.26. The molecule has 5 nitrogen and oxygen atoms in total. The highest BCUT2D eigenvalue weighted by Crippen LogP contribution is 2.38. The number of amides is 1. The van der Waals surface area contributed by atoms with Crippen molar-refractivity contribution in [3.8, 4) is 5.75 Å². The average Bonchev–Trinajstić information content (AvgIpc) is 2.79. The van der Waals surface area contributed by atoms with Gasteiger partial charge in [-0.3, -0.25) is 9.59 Å². The van der Waals surface area contributed by atoms with E-state index < -0.39 is 35.3 Å². The molecule has 114 valence electrons. The van der Waals surface area contributed by atoms with E-state index in [0.717, 1.165) is 24.1 Å². The van der Waals surface area contributed by atoms with Gasteiger partial charge in [-0.25, -0.2) is 0 Å². The number of methoxy groups -OCH3 is 1. The van der Waals surface area contributed by atoms with Crippen LogP contribution in [-0.2, 0) is 20.5 Å². The highest BCUT2D eigenvalue weighted by molar-refractivity contribution is 6.00. The van der Waals surface area contributed by atoms with E-state index in [9.17, 15) is 27.9 Å². The van der Waals surface area contributed by atoms with Crippen molar-refractivity contribution in [1.82, 2.24) is 0 Å². The van der Waals surface area contributed by atoms with Crippen molar-refractivity contribution in [2.24, 2.45) is 5.92 Å². The summed E-state index contributed by atoms with van der Waals surface area (Å²) in [4.78, 5) is 24.2. The number of alkyl halides is 3. The molecule has 1 N–H and O–H groups in total. The minimum absolute atomic E-state index is 0.125. The highest BCUT2D eigenvalue weighted by atomic mass is 19.4. The minimum atomic E-state index is -4.59. The quantitative estimate of drug-likeness (QED) is 0.848. The second-order valence-electron chi connectivity index (χ2n) is 4.63. The van der Waals surface area contributed by atoms with Crippen molar-refractivity contribution in [2.45, 2.75) is 12.6 Å². The fraction of sp³-hybridized carbons (Fsp3) is 0.385. The van der Waals surface area contributed by atoms with E-state index in [-0.39, 0.29) is 18.7 Å². The molecule has 0 bridgehead atoms. The number of anilines is 1. The molecule has 1 aliphatic rings. The maximum atomic E-state index is 12.7. The first-order valence-corrected chi connectivity index (χ1v) is 6.02. The Bertz CT molecular complexity index is 585. The Morgan fingerprint density at radius 2 is 2.10 bits per heavy atom. The van der Waals surface area contributed by atoms with E-state index in [1.54, 1.807) is 0 Å². The van der Waals surface area contributed by atoms with Gasteiger partial charge in [0, 0.05) is 13.0 Å². The zero-order chi connectivity index (χ0) is 15.8. The van der Waals surface area contributed by atoms with Crippen molar-refractivity contribution < 1.29 is 32.6 Å². The number of halogens is 3. The van der Waals surface area contributed by atoms with Crippen LogP contribution in [0.1, 0.15) is 12.0 Å². The Morgan fingerprint density at radius 3 is 2.67 bits per heavy atom. The van der Waals surface area contributed by atoms with Gasteiger partial charge in [0.25, 0.3) is 0 Å². The average molecular weight is 303 g/mol. The molecule has 1 unspecified atom stereocenters. The SMILES string of the molecule is COC(=O)C1CC(=O)N(c2cc(C(F)(F)F)ccc2O)C1. The van der Waals surface area contributed by atoms with Crippen LogP contribution in [0.5, 0.6) is 5.75 Å². The molecular formula is C13H12F3NO4. The summed E-state index contributed by atoms with van der Waals surface area (Å²) in [6, 6.07) is 2.28.